The molecule has 4 nitrogen and oxygen atoms in total. The molecule has 0 bridgehead atoms. The van der Waals surface area contributed by atoms with E-state index < -0.39 is 9.84 Å². The molecule has 2 aromatic rings. The van der Waals surface area contributed by atoms with Crippen molar-refractivity contribution < 1.29 is 13.2 Å². The summed E-state index contributed by atoms with van der Waals surface area (Å²) in [6, 6.07) is 11.5. The summed E-state index contributed by atoms with van der Waals surface area (Å²) in [4.78, 5) is 0.215. The Morgan fingerprint density at radius 3 is 2.60 bits per heavy atom. The van der Waals surface area contributed by atoms with Crippen LogP contribution in [0.1, 0.15) is 5.56 Å². The highest BCUT2D eigenvalue weighted by Gasteiger charge is 2.17. The maximum Gasteiger partial charge on any atom is 0.182 e. The molecule has 0 saturated carbocycles. The zero-order chi connectivity index (χ0) is 14.8. The molecule has 0 fully saturated rings. The first kappa shape index (κ1) is 14.9. The monoisotopic (exact) mass is 355 g/mol. The van der Waals surface area contributed by atoms with Crippen molar-refractivity contribution in [2.24, 2.45) is 0 Å². The molecule has 2 rings (SSSR count). The summed E-state index contributed by atoms with van der Waals surface area (Å²) in [6.07, 6.45) is 0. The van der Waals surface area contributed by atoms with Gasteiger partial charge in [0.15, 0.2) is 9.84 Å². The zero-order valence-corrected chi connectivity index (χ0v) is 13.2. The molecule has 0 aliphatic rings. The molecular weight excluding hydrogens is 342 g/mol. The molecule has 0 aliphatic carbocycles. The van der Waals surface area contributed by atoms with Gasteiger partial charge in [0.05, 0.1) is 17.8 Å². The summed E-state index contributed by atoms with van der Waals surface area (Å²) in [5.41, 5.74) is 6.70. The number of halogens is 1. The van der Waals surface area contributed by atoms with E-state index in [1.54, 1.807) is 43.5 Å². The minimum Gasteiger partial charge on any atom is -0.497 e. The number of ether oxygens (including phenoxy) is 1. The van der Waals surface area contributed by atoms with Gasteiger partial charge < -0.3 is 10.5 Å². The van der Waals surface area contributed by atoms with Crippen molar-refractivity contribution in [3.05, 3.63) is 52.5 Å². The van der Waals surface area contributed by atoms with Crippen LogP contribution in [0, 0.1) is 0 Å². The number of sulfone groups is 1. The van der Waals surface area contributed by atoms with E-state index in [1.165, 1.54) is 6.07 Å². The maximum absolute atomic E-state index is 12.4. The van der Waals surface area contributed by atoms with Crippen molar-refractivity contribution in [2.75, 3.05) is 12.8 Å². The Hall–Kier alpha value is -1.53. The van der Waals surface area contributed by atoms with Crippen LogP contribution in [0.4, 0.5) is 5.69 Å². The van der Waals surface area contributed by atoms with E-state index in [4.69, 9.17) is 10.5 Å². The van der Waals surface area contributed by atoms with Crippen molar-refractivity contribution in [1.29, 1.82) is 0 Å². The van der Waals surface area contributed by atoms with Gasteiger partial charge in [-0.15, -0.1) is 0 Å². The number of nitrogen functional groups attached to an aromatic ring is 1. The standard InChI is InChI=1S/C14H14BrNO3S/c1-19-12-5-6-14(15)10(7-12)9-20(17,18)13-4-2-3-11(16)8-13/h2-8H,9,16H2,1H3. The van der Waals surface area contributed by atoms with Gasteiger partial charge >= 0.3 is 0 Å². The third kappa shape index (κ3) is 3.32. The molecule has 0 amide bonds. The fourth-order valence-corrected chi connectivity index (χ4v) is 3.77. The predicted molar refractivity (Wildman–Crippen MR) is 82.4 cm³/mol. The number of hydrogen-bond acceptors (Lipinski definition) is 4. The Morgan fingerprint density at radius 1 is 1.20 bits per heavy atom. The average molecular weight is 356 g/mol. The predicted octanol–water partition coefficient (Wildman–Crippen LogP) is 3.01. The zero-order valence-electron chi connectivity index (χ0n) is 10.8. The van der Waals surface area contributed by atoms with Crippen LogP contribution in [-0.4, -0.2) is 15.5 Å². The first-order valence-electron chi connectivity index (χ1n) is 5.83. The van der Waals surface area contributed by atoms with Gasteiger partial charge in [0.2, 0.25) is 0 Å². The lowest BCUT2D eigenvalue weighted by atomic mass is 10.2. The lowest BCUT2D eigenvalue weighted by Gasteiger charge is -2.09. The molecule has 6 heteroatoms. The largest absolute Gasteiger partial charge is 0.497 e. The highest BCUT2D eigenvalue weighted by molar-refractivity contribution is 9.10. The molecule has 0 atom stereocenters. The Morgan fingerprint density at radius 2 is 1.95 bits per heavy atom. The fourth-order valence-electron chi connectivity index (χ4n) is 1.78. The van der Waals surface area contributed by atoms with Gasteiger partial charge in [-0.3, -0.25) is 0 Å². The number of hydrogen-bond donors (Lipinski definition) is 1. The van der Waals surface area contributed by atoms with Gasteiger partial charge in [0.25, 0.3) is 0 Å². The molecule has 0 saturated heterocycles. The third-order valence-corrected chi connectivity index (χ3v) is 5.25. The van der Waals surface area contributed by atoms with Gasteiger partial charge in [0.1, 0.15) is 5.75 Å². The molecule has 0 unspecified atom stereocenters. The van der Waals surface area contributed by atoms with Crippen LogP contribution in [0.3, 0.4) is 0 Å². The van der Waals surface area contributed by atoms with Gasteiger partial charge in [-0.05, 0) is 42.0 Å². The van der Waals surface area contributed by atoms with Crippen molar-refractivity contribution in [3.8, 4) is 5.75 Å². The Balaban J connectivity index is 2.38. The van der Waals surface area contributed by atoms with E-state index in [-0.39, 0.29) is 10.6 Å². The van der Waals surface area contributed by atoms with Crippen molar-refractivity contribution >= 4 is 31.5 Å². The Kier molecular flexibility index (Phi) is 4.35. The van der Waals surface area contributed by atoms with Crippen LogP contribution in [0.2, 0.25) is 0 Å². The van der Waals surface area contributed by atoms with E-state index in [0.717, 1.165) is 4.47 Å². The van der Waals surface area contributed by atoms with Gasteiger partial charge in [-0.25, -0.2) is 8.42 Å². The SMILES string of the molecule is COc1ccc(Br)c(CS(=O)(=O)c2cccc(N)c2)c1. The molecule has 2 aromatic carbocycles. The fraction of sp³-hybridized carbons (Fsp3) is 0.143. The molecule has 0 aliphatic heterocycles. The maximum atomic E-state index is 12.4. The van der Waals surface area contributed by atoms with Crippen LogP contribution >= 0.6 is 15.9 Å². The minimum absolute atomic E-state index is 0.117. The van der Waals surface area contributed by atoms with Crippen molar-refractivity contribution in [3.63, 3.8) is 0 Å². The van der Waals surface area contributed by atoms with Crippen LogP contribution in [-0.2, 0) is 15.6 Å². The minimum atomic E-state index is -3.45. The first-order chi connectivity index (χ1) is 9.42. The summed E-state index contributed by atoms with van der Waals surface area (Å²) in [5, 5.41) is 0. The Labute approximate surface area is 126 Å². The molecule has 2 N–H and O–H groups in total. The molecule has 0 spiro atoms. The van der Waals surface area contributed by atoms with Crippen LogP contribution < -0.4 is 10.5 Å². The Bertz CT molecular complexity index is 729. The van der Waals surface area contributed by atoms with Gasteiger partial charge in [0, 0.05) is 10.2 Å². The summed E-state index contributed by atoms with van der Waals surface area (Å²) in [7, 11) is -1.91. The van der Waals surface area contributed by atoms with Crippen molar-refractivity contribution in [1.82, 2.24) is 0 Å². The van der Waals surface area contributed by atoms with E-state index in [2.05, 4.69) is 15.9 Å². The van der Waals surface area contributed by atoms with Gasteiger partial charge in [-0.2, -0.15) is 0 Å². The number of nitrogens with two attached hydrogens (primary N) is 1. The number of anilines is 1. The molecule has 0 aromatic heterocycles. The van der Waals surface area contributed by atoms with E-state index in [9.17, 15) is 8.42 Å². The highest BCUT2D eigenvalue weighted by Crippen LogP contribution is 2.27. The molecule has 0 heterocycles. The molecule has 0 radical (unpaired) electrons. The number of methoxy groups -OCH3 is 1. The second kappa shape index (κ2) is 5.85. The number of rotatable bonds is 4. The van der Waals surface area contributed by atoms with E-state index in [0.29, 0.717) is 17.0 Å². The van der Waals surface area contributed by atoms with E-state index >= 15 is 0 Å². The normalized spacial score (nSPS) is 11.3. The van der Waals surface area contributed by atoms with Crippen LogP contribution in [0.15, 0.2) is 51.8 Å². The van der Waals surface area contributed by atoms with Crippen LogP contribution in [0.5, 0.6) is 5.75 Å². The highest BCUT2D eigenvalue weighted by atomic mass is 79.9. The molecular formula is C14H14BrNO3S. The summed E-state index contributed by atoms with van der Waals surface area (Å²) in [6.45, 7) is 0. The topological polar surface area (TPSA) is 69.4 Å². The second-order valence-corrected chi connectivity index (χ2v) is 7.13. The van der Waals surface area contributed by atoms with Crippen LogP contribution in [0.25, 0.3) is 0 Å². The molecule has 20 heavy (non-hydrogen) atoms. The average Bonchev–Trinajstić information content (AvgIpc) is 2.41. The third-order valence-electron chi connectivity index (χ3n) is 2.82. The first-order valence-corrected chi connectivity index (χ1v) is 8.27. The lowest BCUT2D eigenvalue weighted by Crippen LogP contribution is -2.06. The quantitative estimate of drug-likeness (QED) is 0.855. The summed E-state index contributed by atoms with van der Waals surface area (Å²) < 4.78 is 30.6. The molecule has 106 valence electrons. The summed E-state index contributed by atoms with van der Waals surface area (Å²) in [5.74, 6) is 0.500. The smallest absolute Gasteiger partial charge is 0.182 e. The van der Waals surface area contributed by atoms with Gasteiger partial charge in [-0.1, -0.05) is 22.0 Å². The van der Waals surface area contributed by atoms with E-state index in [1.807, 2.05) is 0 Å². The van der Waals surface area contributed by atoms with Crippen molar-refractivity contribution in [2.45, 2.75) is 10.6 Å². The lowest BCUT2D eigenvalue weighted by molar-refractivity contribution is 0.414. The number of benzene rings is 2. The summed E-state index contributed by atoms with van der Waals surface area (Å²) >= 11 is 3.35. The second-order valence-electron chi connectivity index (χ2n) is 4.29.